The van der Waals surface area contributed by atoms with E-state index in [2.05, 4.69) is 4.72 Å². The number of sulfonamides is 1. The number of halogens is 1. The largest absolute Gasteiger partial charge is 0.330 e. The fourth-order valence-corrected chi connectivity index (χ4v) is 4.82. The highest BCUT2D eigenvalue weighted by molar-refractivity contribution is 7.89. The summed E-state index contributed by atoms with van der Waals surface area (Å²) in [6.07, 6.45) is 6.70. The summed E-state index contributed by atoms with van der Waals surface area (Å²) in [7, 11) is -2.13. The van der Waals surface area contributed by atoms with Gasteiger partial charge >= 0.3 is 0 Å². The number of amides is 1. The Kier molecular flexibility index (Phi) is 6.71. The first-order valence-electron chi connectivity index (χ1n) is 8.98. The third-order valence-corrected chi connectivity index (χ3v) is 7.12. The van der Waals surface area contributed by atoms with Crippen LogP contribution in [0.4, 0.5) is 5.69 Å². The van der Waals surface area contributed by atoms with Crippen molar-refractivity contribution in [1.82, 2.24) is 4.72 Å². The number of benzene rings is 1. The summed E-state index contributed by atoms with van der Waals surface area (Å²) < 4.78 is 26.4. The van der Waals surface area contributed by atoms with Crippen LogP contribution in [-0.4, -0.2) is 34.5 Å². The summed E-state index contributed by atoms with van der Waals surface area (Å²) in [6.45, 7) is 1.14. The van der Waals surface area contributed by atoms with Gasteiger partial charge in [0, 0.05) is 18.7 Å². The number of anilines is 1. The van der Waals surface area contributed by atoms with Gasteiger partial charge in [0.1, 0.15) is 0 Å². The van der Waals surface area contributed by atoms with Gasteiger partial charge in [-0.3, -0.25) is 4.79 Å². The molecule has 0 bridgehead atoms. The molecule has 1 aromatic carbocycles. The first-order chi connectivity index (χ1) is 11.9. The van der Waals surface area contributed by atoms with Gasteiger partial charge in [0.2, 0.25) is 15.9 Å². The first kappa shape index (κ1) is 21.2. The van der Waals surface area contributed by atoms with Gasteiger partial charge in [-0.1, -0.05) is 25.3 Å². The molecule has 6 nitrogen and oxygen atoms in total. The number of rotatable bonds is 5. The Labute approximate surface area is 162 Å². The molecule has 0 atom stereocenters. The molecular formula is C18H28ClN3O3S. The van der Waals surface area contributed by atoms with E-state index in [4.69, 9.17) is 5.73 Å². The Morgan fingerprint density at radius 1 is 1.27 bits per heavy atom. The van der Waals surface area contributed by atoms with Crippen molar-refractivity contribution in [3.63, 3.8) is 0 Å². The highest BCUT2D eigenvalue weighted by atomic mass is 35.5. The Bertz CT molecular complexity index is 761. The van der Waals surface area contributed by atoms with Gasteiger partial charge in [0.25, 0.3) is 0 Å². The van der Waals surface area contributed by atoms with Crippen LogP contribution in [0.15, 0.2) is 23.1 Å². The molecule has 8 heteroatoms. The Balaban J connectivity index is 0.00000243. The quantitative estimate of drug-likeness (QED) is 0.791. The van der Waals surface area contributed by atoms with Gasteiger partial charge < -0.3 is 10.6 Å². The number of hydrogen-bond acceptors (Lipinski definition) is 4. The predicted molar refractivity (Wildman–Crippen MR) is 105 cm³/mol. The minimum Gasteiger partial charge on any atom is -0.330 e. The molecule has 0 saturated heterocycles. The number of nitrogens with one attached hydrogen (secondary N) is 1. The summed E-state index contributed by atoms with van der Waals surface area (Å²) in [5.41, 5.74) is 7.68. The van der Waals surface area contributed by atoms with Gasteiger partial charge in [0.05, 0.1) is 4.90 Å². The van der Waals surface area contributed by atoms with Crippen LogP contribution >= 0.6 is 12.4 Å². The second-order valence-corrected chi connectivity index (χ2v) is 9.12. The van der Waals surface area contributed by atoms with Crippen molar-refractivity contribution >= 4 is 34.0 Å². The lowest BCUT2D eigenvalue weighted by Gasteiger charge is -2.36. The SMILES string of the molecule is CNS(=O)(=O)c1ccc2c(c1)N(C(=O)CC1(CN)CCCCC1)CC2.Cl. The maximum Gasteiger partial charge on any atom is 0.240 e. The molecule has 0 aromatic heterocycles. The second kappa shape index (κ2) is 8.25. The first-order valence-corrected chi connectivity index (χ1v) is 10.5. The van der Waals surface area contributed by atoms with Crippen LogP contribution in [0.25, 0.3) is 0 Å². The number of carbonyl (C=O) groups excluding carboxylic acids is 1. The molecule has 146 valence electrons. The average molecular weight is 402 g/mol. The molecule has 1 heterocycles. The zero-order valence-corrected chi connectivity index (χ0v) is 16.8. The zero-order chi connectivity index (χ0) is 18.1. The van der Waals surface area contributed by atoms with E-state index in [1.54, 1.807) is 17.0 Å². The molecule has 2 aliphatic rings. The van der Waals surface area contributed by atoms with Gasteiger partial charge in [0.15, 0.2) is 0 Å². The van der Waals surface area contributed by atoms with Gasteiger partial charge in [-0.25, -0.2) is 13.1 Å². The molecule has 0 spiro atoms. The zero-order valence-electron chi connectivity index (χ0n) is 15.2. The van der Waals surface area contributed by atoms with E-state index in [1.165, 1.54) is 13.5 Å². The topological polar surface area (TPSA) is 92.5 Å². The highest BCUT2D eigenvalue weighted by Gasteiger charge is 2.36. The molecule has 1 fully saturated rings. The highest BCUT2D eigenvalue weighted by Crippen LogP contribution is 2.40. The Hall–Kier alpha value is -1.15. The standard InChI is InChI=1S/C18H27N3O3S.ClH/c1-20-25(23,24)15-6-5-14-7-10-21(16(14)11-15)17(22)12-18(13-19)8-3-2-4-9-18;/h5-6,11,20H,2-4,7-10,12-13,19H2,1H3;1H. The summed E-state index contributed by atoms with van der Waals surface area (Å²) in [5, 5.41) is 0. The predicted octanol–water partition coefficient (Wildman–Crippen LogP) is 2.20. The minimum atomic E-state index is -3.52. The number of nitrogens with two attached hydrogens (primary N) is 1. The van der Waals surface area contributed by atoms with Crippen LogP contribution in [0.5, 0.6) is 0 Å². The molecule has 3 rings (SSSR count). The van der Waals surface area contributed by atoms with Gasteiger partial charge in [-0.05, 0) is 56.0 Å². The van der Waals surface area contributed by atoms with Crippen molar-refractivity contribution in [3.8, 4) is 0 Å². The lowest BCUT2D eigenvalue weighted by atomic mass is 9.71. The van der Waals surface area contributed by atoms with E-state index in [9.17, 15) is 13.2 Å². The van der Waals surface area contributed by atoms with Crippen molar-refractivity contribution in [1.29, 1.82) is 0 Å². The van der Waals surface area contributed by atoms with Crippen molar-refractivity contribution in [3.05, 3.63) is 23.8 Å². The lowest BCUT2D eigenvalue weighted by Crippen LogP contribution is -2.40. The van der Waals surface area contributed by atoms with Crippen molar-refractivity contribution in [2.45, 2.75) is 49.8 Å². The molecule has 1 aliphatic carbocycles. The maximum absolute atomic E-state index is 13.0. The van der Waals surface area contributed by atoms with Crippen LogP contribution in [0.2, 0.25) is 0 Å². The third kappa shape index (κ3) is 4.06. The van der Waals surface area contributed by atoms with Crippen LogP contribution in [-0.2, 0) is 21.2 Å². The van der Waals surface area contributed by atoms with Gasteiger partial charge in [-0.2, -0.15) is 0 Å². The van der Waals surface area contributed by atoms with E-state index in [0.717, 1.165) is 43.4 Å². The molecule has 1 aliphatic heterocycles. The van der Waals surface area contributed by atoms with Crippen LogP contribution in [0, 0.1) is 5.41 Å². The number of carbonyl (C=O) groups is 1. The fourth-order valence-electron chi connectivity index (χ4n) is 4.07. The number of nitrogens with zero attached hydrogens (tertiary/aromatic N) is 1. The molecule has 1 aromatic rings. The van der Waals surface area contributed by atoms with E-state index in [1.807, 2.05) is 6.07 Å². The average Bonchev–Trinajstić information content (AvgIpc) is 3.05. The van der Waals surface area contributed by atoms with Crippen molar-refractivity contribution in [2.24, 2.45) is 11.1 Å². The summed E-state index contributed by atoms with van der Waals surface area (Å²) in [4.78, 5) is 14.9. The summed E-state index contributed by atoms with van der Waals surface area (Å²) in [6, 6.07) is 5.02. The Morgan fingerprint density at radius 3 is 2.58 bits per heavy atom. The van der Waals surface area contributed by atoms with Gasteiger partial charge in [-0.15, -0.1) is 12.4 Å². The number of hydrogen-bond donors (Lipinski definition) is 2. The van der Waals surface area contributed by atoms with Crippen molar-refractivity contribution < 1.29 is 13.2 Å². The number of fused-ring (bicyclic) bond motifs is 1. The maximum atomic E-state index is 13.0. The molecule has 0 radical (unpaired) electrons. The molecule has 0 unspecified atom stereocenters. The lowest BCUT2D eigenvalue weighted by molar-refractivity contribution is -0.121. The van der Waals surface area contributed by atoms with Crippen LogP contribution in [0.3, 0.4) is 0 Å². The second-order valence-electron chi connectivity index (χ2n) is 7.24. The third-order valence-electron chi connectivity index (χ3n) is 5.71. The van der Waals surface area contributed by atoms with Crippen molar-refractivity contribution in [2.75, 3.05) is 25.0 Å². The van der Waals surface area contributed by atoms with E-state index in [0.29, 0.717) is 19.5 Å². The molecule has 1 saturated carbocycles. The Morgan fingerprint density at radius 2 is 1.96 bits per heavy atom. The normalized spacial score (nSPS) is 18.9. The summed E-state index contributed by atoms with van der Waals surface area (Å²) in [5.74, 6) is 0.0603. The van der Waals surface area contributed by atoms with E-state index < -0.39 is 10.0 Å². The summed E-state index contributed by atoms with van der Waals surface area (Å²) >= 11 is 0. The monoisotopic (exact) mass is 401 g/mol. The van der Waals surface area contributed by atoms with Crippen LogP contribution < -0.4 is 15.4 Å². The van der Waals surface area contributed by atoms with E-state index in [-0.39, 0.29) is 28.6 Å². The smallest absolute Gasteiger partial charge is 0.240 e. The molecule has 26 heavy (non-hydrogen) atoms. The molecular weight excluding hydrogens is 374 g/mol. The fraction of sp³-hybridized carbons (Fsp3) is 0.611. The van der Waals surface area contributed by atoms with E-state index >= 15 is 0 Å². The minimum absolute atomic E-state index is 0. The molecule has 1 amide bonds. The molecule has 3 N–H and O–H groups in total. The van der Waals surface area contributed by atoms with Crippen LogP contribution in [0.1, 0.15) is 44.1 Å².